The zero-order valence-electron chi connectivity index (χ0n) is 9.80. The van der Waals surface area contributed by atoms with Gasteiger partial charge in [0, 0.05) is 6.54 Å². The zero-order valence-corrected chi connectivity index (χ0v) is 11.4. The van der Waals surface area contributed by atoms with Gasteiger partial charge in [-0.25, -0.2) is 0 Å². The van der Waals surface area contributed by atoms with Gasteiger partial charge in [0.15, 0.2) is 0 Å². The number of hydrogen-bond donors (Lipinski definition) is 2. The summed E-state index contributed by atoms with van der Waals surface area (Å²) in [6.45, 7) is 0.560. The summed E-state index contributed by atoms with van der Waals surface area (Å²) in [6, 6.07) is 10.7. The Labute approximate surface area is 119 Å². The molecule has 1 heterocycles. The molecule has 96 valence electrons. The number of halogens is 1. The molecule has 0 spiro atoms. The van der Waals surface area contributed by atoms with Crippen molar-refractivity contribution in [3.05, 3.63) is 47.0 Å². The van der Waals surface area contributed by atoms with Crippen LogP contribution in [0.3, 0.4) is 0 Å². The monoisotopic (exact) mass is 291 g/mol. The molecule has 19 heavy (non-hydrogen) atoms. The molecule has 0 atom stereocenters. The molecule has 0 bridgehead atoms. The van der Waals surface area contributed by atoms with Gasteiger partial charge in [-0.05, 0) is 29.8 Å². The van der Waals surface area contributed by atoms with Crippen LogP contribution < -0.4 is 5.32 Å². The van der Waals surface area contributed by atoms with E-state index in [0.29, 0.717) is 11.6 Å². The zero-order chi connectivity index (χ0) is 13.2. The smallest absolute Gasteiger partial charge is 0.129 e. The maximum atomic E-state index is 9.43. The predicted octanol–water partition coefficient (Wildman–Crippen LogP) is 3.66. The Morgan fingerprint density at radius 1 is 1.21 bits per heavy atom. The lowest BCUT2D eigenvalue weighted by Crippen LogP contribution is -2.00. The minimum absolute atomic E-state index is 0.249. The van der Waals surface area contributed by atoms with Crippen molar-refractivity contribution in [2.24, 2.45) is 0 Å². The van der Waals surface area contributed by atoms with Crippen LogP contribution in [-0.4, -0.2) is 13.9 Å². The summed E-state index contributed by atoms with van der Waals surface area (Å²) in [5.74, 6) is 0.249. The summed E-state index contributed by atoms with van der Waals surface area (Å²) in [7, 11) is 0. The number of hydrogen-bond acceptors (Lipinski definition) is 5. The number of nitrogens with zero attached hydrogens (tertiary/aromatic N) is 2. The number of nitrogens with one attached hydrogen (secondary N) is 1. The highest BCUT2D eigenvalue weighted by atomic mass is 35.5. The molecule has 4 nitrogen and oxygen atoms in total. The van der Waals surface area contributed by atoms with Gasteiger partial charge in [0.05, 0.1) is 22.4 Å². The molecule has 0 unspecified atom stereocenters. The molecule has 0 amide bonds. The van der Waals surface area contributed by atoms with E-state index in [2.05, 4.69) is 14.1 Å². The fraction of sp³-hybridized carbons (Fsp3) is 0.0769. The van der Waals surface area contributed by atoms with Gasteiger partial charge in [-0.3, -0.25) is 0 Å². The molecule has 2 aromatic carbocycles. The lowest BCUT2D eigenvalue weighted by molar-refractivity contribution is 0.474. The first-order valence-electron chi connectivity index (χ1n) is 5.66. The SMILES string of the molecule is Oc1cccc(CNc2c(Cl)ccc3nsnc23)c1. The third kappa shape index (κ3) is 2.47. The molecular weight excluding hydrogens is 282 g/mol. The van der Waals surface area contributed by atoms with Crippen molar-refractivity contribution in [3.63, 3.8) is 0 Å². The van der Waals surface area contributed by atoms with Gasteiger partial charge in [-0.15, -0.1) is 0 Å². The largest absolute Gasteiger partial charge is 0.508 e. The first kappa shape index (κ1) is 12.2. The molecule has 0 saturated heterocycles. The quantitative estimate of drug-likeness (QED) is 0.773. The van der Waals surface area contributed by atoms with E-state index in [0.717, 1.165) is 34.0 Å². The molecule has 0 radical (unpaired) electrons. The number of aromatic hydroxyl groups is 1. The van der Waals surface area contributed by atoms with E-state index in [1.807, 2.05) is 12.1 Å². The van der Waals surface area contributed by atoms with Gasteiger partial charge in [-0.2, -0.15) is 8.75 Å². The summed E-state index contributed by atoms with van der Waals surface area (Å²) in [6.07, 6.45) is 0. The molecule has 0 aliphatic rings. The highest BCUT2D eigenvalue weighted by Gasteiger charge is 2.09. The minimum atomic E-state index is 0.249. The normalized spacial score (nSPS) is 10.8. The second kappa shape index (κ2) is 5.03. The summed E-state index contributed by atoms with van der Waals surface area (Å²) in [4.78, 5) is 0. The Bertz CT molecular complexity index is 729. The van der Waals surface area contributed by atoms with Crippen molar-refractivity contribution in [2.45, 2.75) is 6.54 Å². The summed E-state index contributed by atoms with van der Waals surface area (Å²) < 4.78 is 8.43. The van der Waals surface area contributed by atoms with Crippen LogP contribution in [-0.2, 0) is 6.54 Å². The van der Waals surface area contributed by atoms with Crippen LogP contribution in [0.2, 0.25) is 5.02 Å². The third-order valence-corrected chi connectivity index (χ3v) is 3.61. The molecule has 0 fully saturated rings. The van der Waals surface area contributed by atoms with E-state index in [9.17, 15) is 5.11 Å². The van der Waals surface area contributed by atoms with Crippen LogP contribution in [0.25, 0.3) is 11.0 Å². The Balaban J connectivity index is 1.89. The maximum absolute atomic E-state index is 9.43. The predicted molar refractivity (Wildman–Crippen MR) is 77.9 cm³/mol. The van der Waals surface area contributed by atoms with Gasteiger partial charge in [0.25, 0.3) is 0 Å². The van der Waals surface area contributed by atoms with Gasteiger partial charge in [-0.1, -0.05) is 23.7 Å². The fourth-order valence-electron chi connectivity index (χ4n) is 1.85. The average molecular weight is 292 g/mol. The van der Waals surface area contributed by atoms with Crippen molar-refractivity contribution in [2.75, 3.05) is 5.32 Å². The molecule has 0 aliphatic heterocycles. The lowest BCUT2D eigenvalue weighted by atomic mass is 10.2. The van der Waals surface area contributed by atoms with Crippen LogP contribution in [0.4, 0.5) is 5.69 Å². The Morgan fingerprint density at radius 2 is 2.11 bits per heavy atom. The van der Waals surface area contributed by atoms with E-state index in [-0.39, 0.29) is 5.75 Å². The standard InChI is InChI=1S/C13H10ClN3OS/c14-10-4-5-11-13(17-19-16-11)12(10)15-7-8-2-1-3-9(18)6-8/h1-6,15,18H,7H2. The van der Waals surface area contributed by atoms with Crippen molar-refractivity contribution < 1.29 is 5.11 Å². The van der Waals surface area contributed by atoms with Crippen LogP contribution in [0.15, 0.2) is 36.4 Å². The molecule has 3 rings (SSSR count). The lowest BCUT2D eigenvalue weighted by Gasteiger charge is -2.09. The third-order valence-electron chi connectivity index (χ3n) is 2.76. The molecule has 6 heteroatoms. The second-order valence-corrected chi connectivity index (χ2v) is 5.01. The number of rotatable bonds is 3. The maximum Gasteiger partial charge on any atom is 0.129 e. The Morgan fingerprint density at radius 3 is 2.95 bits per heavy atom. The molecule has 2 N–H and O–H groups in total. The second-order valence-electron chi connectivity index (χ2n) is 4.08. The Kier molecular flexibility index (Phi) is 3.23. The summed E-state index contributed by atoms with van der Waals surface area (Å²) >= 11 is 7.34. The topological polar surface area (TPSA) is 58.0 Å². The molecule has 0 aliphatic carbocycles. The number of phenols is 1. The van der Waals surface area contributed by atoms with Gasteiger partial charge in [0.2, 0.25) is 0 Å². The van der Waals surface area contributed by atoms with Crippen molar-refractivity contribution in [1.82, 2.24) is 8.75 Å². The van der Waals surface area contributed by atoms with Gasteiger partial charge in [0.1, 0.15) is 16.8 Å². The van der Waals surface area contributed by atoms with Gasteiger partial charge >= 0.3 is 0 Å². The van der Waals surface area contributed by atoms with E-state index in [1.54, 1.807) is 24.3 Å². The number of phenolic OH excluding ortho intramolecular Hbond substituents is 1. The highest BCUT2D eigenvalue weighted by molar-refractivity contribution is 7.00. The molecule has 3 aromatic rings. The minimum Gasteiger partial charge on any atom is -0.508 e. The average Bonchev–Trinajstić information content (AvgIpc) is 2.86. The van der Waals surface area contributed by atoms with E-state index in [4.69, 9.17) is 11.6 Å². The van der Waals surface area contributed by atoms with E-state index in [1.165, 1.54) is 0 Å². The van der Waals surface area contributed by atoms with Crippen molar-refractivity contribution in [1.29, 1.82) is 0 Å². The van der Waals surface area contributed by atoms with Crippen LogP contribution >= 0.6 is 23.3 Å². The Hall–Kier alpha value is -1.85. The molecular formula is C13H10ClN3OS. The highest BCUT2D eigenvalue weighted by Crippen LogP contribution is 2.30. The number of aromatic nitrogens is 2. The fourth-order valence-corrected chi connectivity index (χ4v) is 2.61. The van der Waals surface area contributed by atoms with Crippen LogP contribution in [0, 0.1) is 0 Å². The van der Waals surface area contributed by atoms with Crippen molar-refractivity contribution >= 4 is 40.0 Å². The van der Waals surface area contributed by atoms with Gasteiger partial charge < -0.3 is 10.4 Å². The van der Waals surface area contributed by atoms with E-state index >= 15 is 0 Å². The number of benzene rings is 2. The number of fused-ring (bicyclic) bond motifs is 1. The van der Waals surface area contributed by atoms with Crippen LogP contribution in [0.1, 0.15) is 5.56 Å². The first-order valence-corrected chi connectivity index (χ1v) is 6.77. The first-order chi connectivity index (χ1) is 9.24. The van der Waals surface area contributed by atoms with Crippen molar-refractivity contribution in [3.8, 4) is 5.75 Å². The van der Waals surface area contributed by atoms with Crippen LogP contribution in [0.5, 0.6) is 5.75 Å². The molecule has 1 aromatic heterocycles. The van der Waals surface area contributed by atoms with E-state index < -0.39 is 0 Å². The summed E-state index contributed by atoms with van der Waals surface area (Å²) in [5.41, 5.74) is 3.35. The number of anilines is 1. The molecule has 0 saturated carbocycles. The summed E-state index contributed by atoms with van der Waals surface area (Å²) in [5, 5.41) is 13.3.